The van der Waals surface area contributed by atoms with E-state index < -0.39 is 0 Å². The molecule has 2 aliphatic heterocycles. The summed E-state index contributed by atoms with van der Waals surface area (Å²) in [5, 5.41) is 1.07. The van der Waals surface area contributed by atoms with Gasteiger partial charge >= 0.3 is 0 Å². The lowest BCUT2D eigenvalue weighted by Crippen LogP contribution is -2.45. The Labute approximate surface area is 142 Å². The van der Waals surface area contributed by atoms with Crippen molar-refractivity contribution in [2.75, 3.05) is 26.3 Å². The van der Waals surface area contributed by atoms with Gasteiger partial charge in [-0.1, -0.05) is 6.42 Å². The van der Waals surface area contributed by atoms with Crippen molar-refractivity contribution in [1.29, 1.82) is 0 Å². The van der Waals surface area contributed by atoms with Gasteiger partial charge in [-0.25, -0.2) is 4.98 Å². The molecular weight excluding hydrogens is 302 g/mol. The standard InChI is InChI=1S/C19H25N3O2/c1-21-10-5-15-4-9-20-16(17(15)21)18(23)22-11-7-19(8-12-22)6-2-3-13-24-14-19/h4-5,9-10H,2-3,6-8,11-14H2,1H3. The van der Waals surface area contributed by atoms with E-state index in [0.29, 0.717) is 5.69 Å². The van der Waals surface area contributed by atoms with E-state index >= 15 is 0 Å². The number of amides is 1. The molecule has 0 radical (unpaired) electrons. The number of hydrogen-bond acceptors (Lipinski definition) is 3. The van der Waals surface area contributed by atoms with Gasteiger partial charge in [0.2, 0.25) is 0 Å². The highest BCUT2D eigenvalue weighted by Crippen LogP contribution is 2.39. The fraction of sp³-hybridized carbons (Fsp3) is 0.579. The lowest BCUT2D eigenvalue weighted by molar-refractivity contribution is 0.0126. The van der Waals surface area contributed by atoms with Crippen molar-refractivity contribution in [3.63, 3.8) is 0 Å². The van der Waals surface area contributed by atoms with Crippen LogP contribution in [0.4, 0.5) is 0 Å². The smallest absolute Gasteiger partial charge is 0.274 e. The molecule has 5 heteroatoms. The number of likely N-dealkylation sites (tertiary alicyclic amines) is 1. The maximum atomic E-state index is 13.0. The van der Waals surface area contributed by atoms with Crippen LogP contribution >= 0.6 is 0 Å². The summed E-state index contributed by atoms with van der Waals surface area (Å²) in [7, 11) is 1.97. The van der Waals surface area contributed by atoms with Crippen LogP contribution in [-0.4, -0.2) is 46.7 Å². The van der Waals surface area contributed by atoms with E-state index in [9.17, 15) is 4.79 Å². The first-order chi connectivity index (χ1) is 11.7. The van der Waals surface area contributed by atoms with Gasteiger partial charge in [-0.3, -0.25) is 4.79 Å². The van der Waals surface area contributed by atoms with E-state index in [4.69, 9.17) is 4.74 Å². The molecule has 24 heavy (non-hydrogen) atoms. The van der Waals surface area contributed by atoms with Gasteiger partial charge in [0, 0.05) is 44.5 Å². The highest BCUT2D eigenvalue weighted by molar-refractivity contribution is 6.04. The van der Waals surface area contributed by atoms with Crippen molar-refractivity contribution in [1.82, 2.24) is 14.5 Å². The first-order valence-electron chi connectivity index (χ1n) is 8.96. The summed E-state index contributed by atoms with van der Waals surface area (Å²) in [5.41, 5.74) is 1.80. The predicted molar refractivity (Wildman–Crippen MR) is 93.0 cm³/mol. The molecule has 4 rings (SSSR count). The fourth-order valence-corrected chi connectivity index (χ4v) is 4.19. The van der Waals surface area contributed by atoms with E-state index in [0.717, 1.165) is 50.0 Å². The Morgan fingerprint density at radius 3 is 2.88 bits per heavy atom. The molecule has 0 N–H and O–H groups in total. The molecule has 0 aromatic carbocycles. The molecular formula is C19H25N3O2. The zero-order valence-electron chi connectivity index (χ0n) is 14.3. The van der Waals surface area contributed by atoms with Crippen LogP contribution < -0.4 is 0 Å². The summed E-state index contributed by atoms with van der Waals surface area (Å²) in [5.74, 6) is 0.0618. The number of pyridine rings is 1. The number of piperidine rings is 1. The Bertz CT molecular complexity index is 734. The number of ether oxygens (including phenoxy) is 1. The molecule has 0 aliphatic carbocycles. The zero-order chi connectivity index (χ0) is 16.6. The normalized spacial score (nSPS) is 21.1. The van der Waals surface area contributed by atoms with Crippen LogP contribution in [0.5, 0.6) is 0 Å². The second kappa shape index (κ2) is 6.20. The predicted octanol–water partition coefficient (Wildman–Crippen LogP) is 3.00. The monoisotopic (exact) mass is 327 g/mol. The number of fused-ring (bicyclic) bond motifs is 1. The average molecular weight is 327 g/mol. The van der Waals surface area contributed by atoms with Gasteiger partial charge in [-0.05, 0) is 43.2 Å². The van der Waals surface area contributed by atoms with E-state index in [2.05, 4.69) is 4.98 Å². The molecule has 2 fully saturated rings. The van der Waals surface area contributed by atoms with Gasteiger partial charge in [0.1, 0.15) is 0 Å². The van der Waals surface area contributed by atoms with Crippen LogP contribution in [0, 0.1) is 5.41 Å². The highest BCUT2D eigenvalue weighted by atomic mass is 16.5. The van der Waals surface area contributed by atoms with Crippen LogP contribution in [0.2, 0.25) is 0 Å². The first kappa shape index (κ1) is 15.6. The first-order valence-corrected chi connectivity index (χ1v) is 8.96. The maximum Gasteiger partial charge on any atom is 0.274 e. The molecule has 4 heterocycles. The molecule has 0 bridgehead atoms. The van der Waals surface area contributed by atoms with Crippen LogP contribution in [0.25, 0.3) is 10.9 Å². The van der Waals surface area contributed by atoms with Crippen molar-refractivity contribution in [2.24, 2.45) is 12.5 Å². The Morgan fingerprint density at radius 2 is 2.04 bits per heavy atom. The second-order valence-electron chi connectivity index (χ2n) is 7.33. The maximum absolute atomic E-state index is 13.0. The summed E-state index contributed by atoms with van der Waals surface area (Å²) in [6, 6.07) is 3.99. The Hall–Kier alpha value is -1.88. The fourth-order valence-electron chi connectivity index (χ4n) is 4.19. The molecule has 2 saturated heterocycles. The van der Waals surface area contributed by atoms with E-state index in [-0.39, 0.29) is 11.3 Å². The molecule has 0 unspecified atom stereocenters. The Balaban J connectivity index is 1.53. The second-order valence-corrected chi connectivity index (χ2v) is 7.33. The quantitative estimate of drug-likeness (QED) is 0.809. The molecule has 2 aromatic heterocycles. The zero-order valence-corrected chi connectivity index (χ0v) is 14.3. The molecule has 0 atom stereocenters. The van der Waals surface area contributed by atoms with E-state index in [1.807, 2.05) is 34.8 Å². The lowest BCUT2D eigenvalue weighted by Gasteiger charge is -2.41. The third-order valence-corrected chi connectivity index (χ3v) is 5.75. The van der Waals surface area contributed by atoms with E-state index in [1.165, 1.54) is 19.3 Å². The molecule has 5 nitrogen and oxygen atoms in total. The van der Waals surface area contributed by atoms with Crippen molar-refractivity contribution >= 4 is 16.8 Å². The van der Waals surface area contributed by atoms with Crippen LogP contribution in [0.1, 0.15) is 42.6 Å². The summed E-state index contributed by atoms with van der Waals surface area (Å²) in [4.78, 5) is 19.4. The molecule has 128 valence electrons. The number of hydrogen-bond donors (Lipinski definition) is 0. The molecule has 0 saturated carbocycles. The van der Waals surface area contributed by atoms with Gasteiger partial charge in [0.05, 0.1) is 12.1 Å². The van der Waals surface area contributed by atoms with Crippen molar-refractivity contribution < 1.29 is 9.53 Å². The largest absolute Gasteiger partial charge is 0.381 e. The summed E-state index contributed by atoms with van der Waals surface area (Å²) in [6.07, 6.45) is 9.46. The van der Waals surface area contributed by atoms with Crippen molar-refractivity contribution in [3.05, 3.63) is 30.2 Å². The van der Waals surface area contributed by atoms with Gasteiger partial charge in [0.15, 0.2) is 5.69 Å². The number of carbonyl (C=O) groups excluding carboxylic acids is 1. The number of rotatable bonds is 1. The molecule has 2 aromatic rings. The van der Waals surface area contributed by atoms with Gasteiger partial charge in [0.25, 0.3) is 5.91 Å². The van der Waals surface area contributed by atoms with Gasteiger partial charge in [-0.15, -0.1) is 0 Å². The van der Waals surface area contributed by atoms with Crippen LogP contribution in [0.3, 0.4) is 0 Å². The minimum absolute atomic E-state index is 0.0618. The SMILES string of the molecule is Cn1ccc2ccnc(C(=O)N3CCC4(CCCCOC4)CC3)c21. The topological polar surface area (TPSA) is 47.4 Å². The Kier molecular flexibility index (Phi) is 4.04. The number of carbonyl (C=O) groups is 1. The Morgan fingerprint density at radius 1 is 1.21 bits per heavy atom. The van der Waals surface area contributed by atoms with Crippen LogP contribution in [-0.2, 0) is 11.8 Å². The minimum Gasteiger partial charge on any atom is -0.381 e. The number of aromatic nitrogens is 2. The average Bonchev–Trinajstić information content (AvgIpc) is 2.85. The summed E-state index contributed by atoms with van der Waals surface area (Å²) >= 11 is 0. The van der Waals surface area contributed by atoms with Crippen LogP contribution in [0.15, 0.2) is 24.5 Å². The third-order valence-electron chi connectivity index (χ3n) is 5.75. The summed E-state index contributed by atoms with van der Waals surface area (Å²) < 4.78 is 7.80. The molecule has 1 spiro atoms. The lowest BCUT2D eigenvalue weighted by atomic mass is 9.75. The highest BCUT2D eigenvalue weighted by Gasteiger charge is 2.37. The van der Waals surface area contributed by atoms with Crippen molar-refractivity contribution in [3.8, 4) is 0 Å². The van der Waals surface area contributed by atoms with E-state index in [1.54, 1.807) is 6.20 Å². The minimum atomic E-state index is 0.0618. The molecule has 2 aliphatic rings. The molecule has 1 amide bonds. The third kappa shape index (κ3) is 2.71. The van der Waals surface area contributed by atoms with Gasteiger partial charge < -0.3 is 14.2 Å². The van der Waals surface area contributed by atoms with Crippen molar-refractivity contribution in [2.45, 2.75) is 32.1 Å². The number of aryl methyl sites for hydroxylation is 1. The van der Waals surface area contributed by atoms with Gasteiger partial charge in [-0.2, -0.15) is 0 Å². The summed E-state index contributed by atoms with van der Waals surface area (Å²) in [6.45, 7) is 3.37. The number of nitrogens with zero attached hydrogens (tertiary/aromatic N) is 3.